The van der Waals surface area contributed by atoms with Crippen molar-refractivity contribution in [3.05, 3.63) is 35.6 Å². The molecule has 0 bridgehead atoms. The number of hydrogen-bond donors (Lipinski definition) is 2. The van der Waals surface area contributed by atoms with Gasteiger partial charge in [-0.2, -0.15) is 0 Å². The zero-order valence-corrected chi connectivity index (χ0v) is 9.14. The zero-order chi connectivity index (χ0) is 9.97. The summed E-state index contributed by atoms with van der Waals surface area (Å²) in [5.41, 5.74) is 1.03. The first-order valence-corrected chi connectivity index (χ1v) is 4.91. The predicted molar refractivity (Wildman–Crippen MR) is 59.9 cm³/mol. The average Bonchev–Trinajstić information content (AvgIpc) is 2.20. The van der Waals surface area contributed by atoms with E-state index in [9.17, 15) is 9.50 Å². The second-order valence-electron chi connectivity index (χ2n) is 3.72. The zero-order valence-electron chi connectivity index (χ0n) is 8.32. The lowest BCUT2D eigenvalue weighted by Gasteiger charge is -2.28. The van der Waals surface area contributed by atoms with Crippen LogP contribution in [0.15, 0.2) is 24.3 Å². The molecule has 1 aromatic carbocycles. The van der Waals surface area contributed by atoms with Crippen molar-refractivity contribution in [2.45, 2.75) is 18.4 Å². The summed E-state index contributed by atoms with van der Waals surface area (Å²) in [5.74, 6) is -0.0750. The maximum Gasteiger partial charge on any atom is 0.123 e. The van der Waals surface area contributed by atoms with E-state index < -0.39 is 0 Å². The smallest absolute Gasteiger partial charge is 0.123 e. The fourth-order valence-electron chi connectivity index (χ4n) is 1.94. The standard InChI is InChI=1S/C11H14FNO.ClH/c12-9-3-1-8(2-4-9)10-5-6-13-7-11(10)14;/h1-4,10-11,13-14H,5-7H2;1H/t10-,11+;/m0./s1. The van der Waals surface area contributed by atoms with Crippen molar-refractivity contribution < 1.29 is 9.50 Å². The van der Waals surface area contributed by atoms with Crippen LogP contribution in [0.25, 0.3) is 0 Å². The van der Waals surface area contributed by atoms with E-state index in [1.165, 1.54) is 12.1 Å². The van der Waals surface area contributed by atoms with Crippen LogP contribution in [-0.4, -0.2) is 24.3 Å². The Hall–Kier alpha value is -0.640. The molecule has 2 nitrogen and oxygen atoms in total. The van der Waals surface area contributed by atoms with Crippen LogP contribution in [0.5, 0.6) is 0 Å². The summed E-state index contributed by atoms with van der Waals surface area (Å²) in [6.07, 6.45) is 0.557. The van der Waals surface area contributed by atoms with Gasteiger partial charge in [-0.15, -0.1) is 12.4 Å². The number of rotatable bonds is 1. The SMILES string of the molecule is Cl.O[C@@H]1CNCC[C@H]1c1ccc(F)cc1. The van der Waals surface area contributed by atoms with Crippen LogP contribution in [0.4, 0.5) is 4.39 Å². The van der Waals surface area contributed by atoms with E-state index in [0.29, 0.717) is 6.54 Å². The predicted octanol–water partition coefficient (Wildman–Crippen LogP) is 1.69. The van der Waals surface area contributed by atoms with Crippen molar-refractivity contribution >= 4 is 12.4 Å². The molecule has 0 unspecified atom stereocenters. The number of aliphatic hydroxyl groups is 1. The highest BCUT2D eigenvalue weighted by atomic mass is 35.5. The Bertz CT molecular complexity index is 304. The molecule has 2 atom stereocenters. The Morgan fingerprint density at radius 3 is 2.53 bits per heavy atom. The van der Waals surface area contributed by atoms with Crippen molar-refractivity contribution in [1.29, 1.82) is 0 Å². The molecule has 84 valence electrons. The van der Waals surface area contributed by atoms with Gasteiger partial charge < -0.3 is 10.4 Å². The minimum Gasteiger partial charge on any atom is -0.391 e. The average molecular weight is 232 g/mol. The number of halogens is 2. The molecule has 1 aliphatic heterocycles. The van der Waals surface area contributed by atoms with Gasteiger partial charge in [0.2, 0.25) is 0 Å². The third-order valence-corrected chi connectivity index (χ3v) is 2.75. The fourth-order valence-corrected chi connectivity index (χ4v) is 1.94. The van der Waals surface area contributed by atoms with Gasteiger partial charge >= 0.3 is 0 Å². The van der Waals surface area contributed by atoms with Crippen LogP contribution < -0.4 is 5.32 Å². The minimum atomic E-state index is -0.353. The number of aliphatic hydroxyl groups excluding tert-OH is 1. The summed E-state index contributed by atoms with van der Waals surface area (Å²) in [6, 6.07) is 6.41. The molecule has 0 aromatic heterocycles. The van der Waals surface area contributed by atoms with Crippen LogP contribution in [0.1, 0.15) is 17.9 Å². The second kappa shape index (κ2) is 5.45. The molecule has 0 saturated carbocycles. The molecule has 2 rings (SSSR count). The highest BCUT2D eigenvalue weighted by Crippen LogP contribution is 2.25. The minimum absolute atomic E-state index is 0. The molecule has 1 heterocycles. The molecule has 4 heteroatoms. The Morgan fingerprint density at radius 2 is 1.93 bits per heavy atom. The molecule has 1 aromatic rings. The van der Waals surface area contributed by atoms with E-state index in [1.54, 1.807) is 12.1 Å². The number of piperidine rings is 1. The summed E-state index contributed by atoms with van der Waals surface area (Å²) in [5, 5.41) is 12.9. The summed E-state index contributed by atoms with van der Waals surface area (Å²) in [4.78, 5) is 0. The lowest BCUT2D eigenvalue weighted by atomic mass is 9.88. The monoisotopic (exact) mass is 231 g/mol. The van der Waals surface area contributed by atoms with Crippen LogP contribution in [0, 0.1) is 5.82 Å². The van der Waals surface area contributed by atoms with Gasteiger partial charge in [-0.25, -0.2) is 4.39 Å². The third kappa shape index (κ3) is 2.91. The lowest BCUT2D eigenvalue weighted by Crippen LogP contribution is -2.39. The van der Waals surface area contributed by atoms with Crippen LogP contribution >= 0.6 is 12.4 Å². The van der Waals surface area contributed by atoms with Gasteiger partial charge in [0.1, 0.15) is 5.82 Å². The van der Waals surface area contributed by atoms with Crippen molar-refractivity contribution in [2.24, 2.45) is 0 Å². The number of benzene rings is 1. The number of hydrogen-bond acceptors (Lipinski definition) is 2. The van der Waals surface area contributed by atoms with Gasteiger partial charge in [0, 0.05) is 12.5 Å². The molecule has 0 spiro atoms. The largest absolute Gasteiger partial charge is 0.391 e. The van der Waals surface area contributed by atoms with E-state index in [4.69, 9.17) is 0 Å². The molecule has 2 N–H and O–H groups in total. The van der Waals surface area contributed by atoms with Crippen molar-refractivity contribution in [3.63, 3.8) is 0 Å². The quantitative estimate of drug-likeness (QED) is 0.771. The van der Waals surface area contributed by atoms with Crippen molar-refractivity contribution in [3.8, 4) is 0 Å². The topological polar surface area (TPSA) is 32.3 Å². The maximum atomic E-state index is 12.7. The van der Waals surface area contributed by atoms with E-state index in [0.717, 1.165) is 18.5 Å². The second-order valence-corrected chi connectivity index (χ2v) is 3.72. The van der Waals surface area contributed by atoms with Crippen molar-refractivity contribution in [1.82, 2.24) is 5.32 Å². The Labute approximate surface area is 94.9 Å². The molecule has 0 amide bonds. The molecule has 15 heavy (non-hydrogen) atoms. The van der Waals surface area contributed by atoms with Crippen LogP contribution in [0.2, 0.25) is 0 Å². The van der Waals surface area contributed by atoms with E-state index in [1.807, 2.05) is 0 Å². The molecule has 0 aliphatic carbocycles. The highest BCUT2D eigenvalue weighted by Gasteiger charge is 2.23. The summed E-state index contributed by atoms with van der Waals surface area (Å²) < 4.78 is 12.7. The molecule has 1 fully saturated rings. The van der Waals surface area contributed by atoms with E-state index in [-0.39, 0.29) is 30.2 Å². The van der Waals surface area contributed by atoms with Gasteiger partial charge in [0.25, 0.3) is 0 Å². The van der Waals surface area contributed by atoms with Crippen LogP contribution in [0.3, 0.4) is 0 Å². The lowest BCUT2D eigenvalue weighted by molar-refractivity contribution is 0.118. The highest BCUT2D eigenvalue weighted by molar-refractivity contribution is 5.85. The van der Waals surface area contributed by atoms with E-state index >= 15 is 0 Å². The number of nitrogens with one attached hydrogen (secondary N) is 1. The van der Waals surface area contributed by atoms with Crippen molar-refractivity contribution in [2.75, 3.05) is 13.1 Å². The first-order valence-electron chi connectivity index (χ1n) is 4.91. The molecular formula is C11H15ClFNO. The molecular weight excluding hydrogens is 217 g/mol. The van der Waals surface area contributed by atoms with Gasteiger partial charge in [0.05, 0.1) is 6.10 Å². The van der Waals surface area contributed by atoms with Gasteiger partial charge in [0.15, 0.2) is 0 Å². The van der Waals surface area contributed by atoms with E-state index in [2.05, 4.69) is 5.32 Å². The fraction of sp³-hybridized carbons (Fsp3) is 0.455. The Kier molecular flexibility index (Phi) is 4.51. The summed E-state index contributed by atoms with van der Waals surface area (Å²) >= 11 is 0. The Balaban J connectivity index is 0.00000112. The van der Waals surface area contributed by atoms with Gasteiger partial charge in [-0.05, 0) is 30.7 Å². The summed E-state index contributed by atoms with van der Waals surface area (Å²) in [7, 11) is 0. The van der Waals surface area contributed by atoms with Crippen LogP contribution in [-0.2, 0) is 0 Å². The number of β-amino-alcohol motifs (C(OH)–C–C–N with tert-alkyl or cyclic N) is 1. The van der Waals surface area contributed by atoms with Gasteiger partial charge in [-0.3, -0.25) is 0 Å². The first-order chi connectivity index (χ1) is 6.77. The van der Waals surface area contributed by atoms with Gasteiger partial charge in [-0.1, -0.05) is 12.1 Å². The Morgan fingerprint density at radius 1 is 1.27 bits per heavy atom. The first kappa shape index (κ1) is 12.4. The molecule has 1 saturated heterocycles. The summed E-state index contributed by atoms with van der Waals surface area (Å²) in [6.45, 7) is 1.54. The molecule has 1 aliphatic rings. The maximum absolute atomic E-state index is 12.7. The normalized spacial score (nSPS) is 25.7. The third-order valence-electron chi connectivity index (χ3n) is 2.75. The molecule has 0 radical (unpaired) electrons.